The zero-order chi connectivity index (χ0) is 21.9. The Labute approximate surface area is 193 Å². The van der Waals surface area contributed by atoms with Crippen molar-refractivity contribution >= 4 is 11.5 Å². The van der Waals surface area contributed by atoms with Gasteiger partial charge < -0.3 is 11.1 Å². The second kappa shape index (κ2) is 7.39. The average Bonchev–Trinajstić information content (AvgIpc) is 3.51. The maximum atomic E-state index is 6.77. The first-order valence-corrected chi connectivity index (χ1v) is 12.2. The van der Waals surface area contributed by atoms with Gasteiger partial charge in [0.1, 0.15) is 5.82 Å². The minimum Gasteiger partial charge on any atom is -0.383 e. The molecule has 0 unspecified atom stereocenters. The van der Waals surface area contributed by atoms with Crippen molar-refractivity contribution in [3.05, 3.63) is 66.1 Å². The Balaban J connectivity index is 1.32. The summed E-state index contributed by atoms with van der Waals surface area (Å²) < 4.78 is 1.85. The molecular weight excluding hydrogens is 408 g/mol. The van der Waals surface area contributed by atoms with E-state index in [9.17, 15) is 0 Å². The van der Waals surface area contributed by atoms with Gasteiger partial charge in [0.25, 0.3) is 0 Å². The highest BCUT2D eigenvalue weighted by Gasteiger charge is 2.39. The third-order valence-electron chi connectivity index (χ3n) is 7.74. The third kappa shape index (κ3) is 3.23. The second-order valence-corrected chi connectivity index (χ2v) is 9.97. The minimum absolute atomic E-state index is 0.480. The summed E-state index contributed by atoms with van der Waals surface area (Å²) in [6.07, 6.45) is 11.1. The fourth-order valence-electron chi connectivity index (χ4n) is 5.96. The van der Waals surface area contributed by atoms with Crippen LogP contribution in [-0.2, 0) is 0 Å². The molecule has 6 nitrogen and oxygen atoms in total. The predicted octanol–water partition coefficient (Wildman–Crippen LogP) is 4.92. The molecule has 4 aromatic rings. The van der Waals surface area contributed by atoms with E-state index in [1.54, 1.807) is 0 Å². The Morgan fingerprint density at radius 2 is 1.64 bits per heavy atom. The van der Waals surface area contributed by atoms with Gasteiger partial charge in [-0.2, -0.15) is 9.61 Å². The quantitative estimate of drug-likeness (QED) is 0.475. The van der Waals surface area contributed by atoms with E-state index in [4.69, 9.17) is 15.7 Å². The number of hydrogen-bond donors (Lipinski definition) is 2. The smallest absolute Gasteiger partial charge is 0.165 e. The van der Waals surface area contributed by atoms with Gasteiger partial charge in [0.2, 0.25) is 0 Å². The van der Waals surface area contributed by atoms with Crippen molar-refractivity contribution in [1.29, 1.82) is 0 Å². The summed E-state index contributed by atoms with van der Waals surface area (Å²) in [5, 5.41) is 8.44. The van der Waals surface area contributed by atoms with E-state index in [1.807, 2.05) is 35.1 Å². The molecule has 2 bridgehead atoms. The Bertz CT molecular complexity index is 1310. The van der Waals surface area contributed by atoms with E-state index in [2.05, 4.69) is 34.7 Å². The monoisotopic (exact) mass is 436 g/mol. The number of rotatable bonds is 4. The molecule has 6 heteroatoms. The summed E-state index contributed by atoms with van der Waals surface area (Å²) in [6, 6.07) is 15.7. The van der Waals surface area contributed by atoms with Crippen LogP contribution in [0.4, 0.5) is 5.82 Å². The minimum atomic E-state index is 0.480. The van der Waals surface area contributed by atoms with Gasteiger partial charge in [0.15, 0.2) is 5.65 Å². The highest BCUT2D eigenvalue weighted by Crippen LogP contribution is 2.48. The SMILES string of the molecule is Nc1c(C2CC2)c([C@@H]2C[C@H]3CC[C@@H](C2)N3)nc2c(-c3ccc(-c4ccccc4)nc3)cnn12. The Kier molecular flexibility index (Phi) is 4.31. The van der Waals surface area contributed by atoms with Crippen LogP contribution in [0.5, 0.6) is 0 Å². The van der Waals surface area contributed by atoms with Crippen LogP contribution >= 0.6 is 0 Å². The zero-order valence-electron chi connectivity index (χ0n) is 18.6. The molecule has 33 heavy (non-hydrogen) atoms. The molecule has 166 valence electrons. The third-order valence-corrected chi connectivity index (χ3v) is 7.74. The van der Waals surface area contributed by atoms with Crippen molar-refractivity contribution in [2.24, 2.45) is 0 Å². The summed E-state index contributed by atoms with van der Waals surface area (Å²) in [4.78, 5) is 10.0. The topological polar surface area (TPSA) is 81.1 Å². The summed E-state index contributed by atoms with van der Waals surface area (Å²) in [5.74, 6) is 1.81. The van der Waals surface area contributed by atoms with Gasteiger partial charge in [-0.05, 0) is 50.5 Å². The van der Waals surface area contributed by atoms with Crippen LogP contribution in [0.1, 0.15) is 61.6 Å². The van der Waals surface area contributed by atoms with Gasteiger partial charge in [-0.1, -0.05) is 36.4 Å². The van der Waals surface area contributed by atoms with Crippen LogP contribution in [0.2, 0.25) is 0 Å². The molecule has 3 fully saturated rings. The maximum Gasteiger partial charge on any atom is 0.165 e. The molecule has 1 saturated carbocycles. The molecule has 0 spiro atoms. The summed E-state index contributed by atoms with van der Waals surface area (Å²) in [5.41, 5.74) is 14.2. The number of nitrogen functional groups attached to an aromatic ring is 1. The van der Waals surface area contributed by atoms with Gasteiger partial charge in [-0.25, -0.2) is 4.98 Å². The van der Waals surface area contributed by atoms with Crippen molar-refractivity contribution in [3.8, 4) is 22.4 Å². The van der Waals surface area contributed by atoms with Crippen molar-refractivity contribution in [3.63, 3.8) is 0 Å². The molecule has 0 amide bonds. The lowest BCUT2D eigenvalue weighted by Gasteiger charge is -2.30. The number of piperidine rings is 1. The van der Waals surface area contributed by atoms with E-state index in [1.165, 1.54) is 36.9 Å². The summed E-state index contributed by atoms with van der Waals surface area (Å²) >= 11 is 0. The van der Waals surface area contributed by atoms with Gasteiger partial charge in [0, 0.05) is 46.5 Å². The number of nitrogens with two attached hydrogens (primary N) is 1. The van der Waals surface area contributed by atoms with Crippen molar-refractivity contribution < 1.29 is 0 Å². The molecule has 1 aromatic carbocycles. The number of fused-ring (bicyclic) bond motifs is 3. The number of hydrogen-bond acceptors (Lipinski definition) is 5. The van der Waals surface area contributed by atoms with Crippen LogP contribution < -0.4 is 11.1 Å². The maximum absolute atomic E-state index is 6.77. The van der Waals surface area contributed by atoms with Gasteiger partial charge in [-0.15, -0.1) is 0 Å². The summed E-state index contributed by atoms with van der Waals surface area (Å²) in [6.45, 7) is 0. The van der Waals surface area contributed by atoms with Gasteiger partial charge >= 0.3 is 0 Å². The first-order chi connectivity index (χ1) is 16.2. The number of anilines is 1. The number of nitrogens with zero attached hydrogens (tertiary/aromatic N) is 4. The second-order valence-electron chi connectivity index (χ2n) is 9.97. The van der Waals surface area contributed by atoms with Gasteiger partial charge in [0.05, 0.1) is 17.6 Å². The fraction of sp³-hybridized carbons (Fsp3) is 0.370. The van der Waals surface area contributed by atoms with Crippen LogP contribution in [0.25, 0.3) is 28.0 Å². The zero-order valence-corrected chi connectivity index (χ0v) is 18.6. The van der Waals surface area contributed by atoms with Crippen LogP contribution in [0, 0.1) is 0 Å². The summed E-state index contributed by atoms with van der Waals surface area (Å²) in [7, 11) is 0. The van der Waals surface area contributed by atoms with E-state index in [0.29, 0.717) is 23.9 Å². The molecule has 7 rings (SSSR count). The largest absolute Gasteiger partial charge is 0.383 e. The highest BCUT2D eigenvalue weighted by atomic mass is 15.3. The van der Waals surface area contributed by atoms with Crippen LogP contribution in [0.15, 0.2) is 54.9 Å². The molecule has 3 N–H and O–H groups in total. The Hall–Kier alpha value is -3.25. The number of pyridine rings is 1. The normalized spacial score (nSPS) is 24.4. The first kappa shape index (κ1) is 19.2. The lowest BCUT2D eigenvalue weighted by molar-refractivity contribution is 0.357. The lowest BCUT2D eigenvalue weighted by Crippen LogP contribution is -2.37. The number of aromatic nitrogens is 4. The van der Waals surface area contributed by atoms with E-state index in [-0.39, 0.29) is 0 Å². The van der Waals surface area contributed by atoms with Crippen molar-refractivity contribution in [2.75, 3.05) is 5.73 Å². The molecule has 3 aliphatic rings. The number of benzene rings is 1. The average molecular weight is 437 g/mol. The van der Waals surface area contributed by atoms with Crippen molar-refractivity contribution in [1.82, 2.24) is 24.9 Å². The standard InChI is InChI=1S/C27H28N6/c28-26-24(17-6-7-17)25(19-12-20-9-10-21(13-19)31-20)32-27-22(15-30-33(26)27)18-8-11-23(29-14-18)16-4-2-1-3-5-16/h1-5,8,11,14-15,17,19-21,31H,6-7,9-10,12-13,28H2/t19-,20-,21+. The lowest BCUT2D eigenvalue weighted by atomic mass is 9.86. The van der Waals surface area contributed by atoms with E-state index in [0.717, 1.165) is 46.7 Å². The predicted molar refractivity (Wildman–Crippen MR) is 130 cm³/mol. The Morgan fingerprint density at radius 1 is 0.848 bits per heavy atom. The molecule has 1 aliphatic carbocycles. The van der Waals surface area contributed by atoms with Crippen molar-refractivity contribution in [2.45, 2.75) is 62.4 Å². The fourth-order valence-corrected chi connectivity index (χ4v) is 5.96. The molecule has 2 aliphatic heterocycles. The van der Waals surface area contributed by atoms with Crippen LogP contribution in [-0.4, -0.2) is 31.7 Å². The molecule has 5 heterocycles. The molecule has 0 radical (unpaired) electrons. The first-order valence-electron chi connectivity index (χ1n) is 12.2. The van der Waals surface area contributed by atoms with E-state index < -0.39 is 0 Å². The molecular formula is C27H28N6. The van der Waals surface area contributed by atoms with Crippen LogP contribution in [0.3, 0.4) is 0 Å². The molecule has 3 atom stereocenters. The van der Waals surface area contributed by atoms with Gasteiger partial charge in [-0.3, -0.25) is 4.98 Å². The Morgan fingerprint density at radius 3 is 2.33 bits per heavy atom. The highest BCUT2D eigenvalue weighted by molar-refractivity contribution is 5.79. The molecule has 3 aromatic heterocycles. The number of nitrogens with one attached hydrogen (secondary N) is 1. The van der Waals surface area contributed by atoms with E-state index >= 15 is 0 Å². The molecule has 2 saturated heterocycles.